The molecule has 2 atom stereocenters. The Labute approximate surface area is 106 Å². The Morgan fingerprint density at radius 2 is 1.88 bits per heavy atom. The molecule has 1 aliphatic rings. The van der Waals surface area contributed by atoms with Gasteiger partial charge in [0.25, 0.3) is 0 Å². The molecular formula is C14H28N2O. The summed E-state index contributed by atoms with van der Waals surface area (Å²) < 4.78 is 0. The molecule has 0 aliphatic heterocycles. The van der Waals surface area contributed by atoms with Gasteiger partial charge in [-0.15, -0.1) is 0 Å². The SMILES string of the molecule is CC1CCCC(NCC(=O)NC(C)(C)C)CC1. The van der Waals surface area contributed by atoms with Crippen molar-refractivity contribution in [3.05, 3.63) is 0 Å². The van der Waals surface area contributed by atoms with Crippen molar-refractivity contribution in [2.45, 2.75) is 71.4 Å². The molecule has 0 aromatic rings. The maximum absolute atomic E-state index is 11.7. The number of carbonyl (C=O) groups excluding carboxylic acids is 1. The summed E-state index contributed by atoms with van der Waals surface area (Å²) in [6.07, 6.45) is 6.35. The highest BCUT2D eigenvalue weighted by atomic mass is 16.2. The summed E-state index contributed by atoms with van der Waals surface area (Å²) in [4.78, 5) is 11.7. The van der Waals surface area contributed by atoms with Gasteiger partial charge in [0.15, 0.2) is 0 Å². The predicted molar refractivity (Wildman–Crippen MR) is 71.9 cm³/mol. The van der Waals surface area contributed by atoms with E-state index in [1.807, 2.05) is 20.8 Å². The van der Waals surface area contributed by atoms with Crippen LogP contribution >= 0.6 is 0 Å². The summed E-state index contributed by atoms with van der Waals surface area (Å²) in [6.45, 7) is 8.82. The molecule has 0 aromatic heterocycles. The Morgan fingerprint density at radius 3 is 2.53 bits per heavy atom. The topological polar surface area (TPSA) is 41.1 Å². The molecule has 1 fully saturated rings. The number of rotatable bonds is 3. The molecule has 0 bridgehead atoms. The van der Waals surface area contributed by atoms with E-state index in [1.165, 1.54) is 32.1 Å². The van der Waals surface area contributed by atoms with Gasteiger partial charge in [-0.1, -0.05) is 19.8 Å². The lowest BCUT2D eigenvalue weighted by molar-refractivity contribution is -0.121. The molecule has 3 nitrogen and oxygen atoms in total. The second-order valence-corrected chi connectivity index (χ2v) is 6.49. The maximum atomic E-state index is 11.7. The van der Waals surface area contributed by atoms with E-state index in [0.29, 0.717) is 12.6 Å². The van der Waals surface area contributed by atoms with Crippen LogP contribution in [0.2, 0.25) is 0 Å². The lowest BCUT2D eigenvalue weighted by atomic mass is 10.0. The van der Waals surface area contributed by atoms with Crippen LogP contribution in [-0.2, 0) is 4.79 Å². The van der Waals surface area contributed by atoms with Gasteiger partial charge in [0.05, 0.1) is 6.54 Å². The fraction of sp³-hybridized carbons (Fsp3) is 0.929. The summed E-state index contributed by atoms with van der Waals surface area (Å²) in [5.74, 6) is 0.958. The summed E-state index contributed by atoms with van der Waals surface area (Å²) in [7, 11) is 0. The molecule has 17 heavy (non-hydrogen) atoms. The van der Waals surface area contributed by atoms with Crippen molar-refractivity contribution < 1.29 is 4.79 Å². The van der Waals surface area contributed by atoms with Crippen LogP contribution in [0.25, 0.3) is 0 Å². The zero-order chi connectivity index (χ0) is 12.9. The van der Waals surface area contributed by atoms with E-state index < -0.39 is 0 Å². The molecule has 2 unspecified atom stereocenters. The molecule has 0 saturated heterocycles. The first-order valence-corrected chi connectivity index (χ1v) is 6.91. The minimum absolute atomic E-state index is 0.106. The van der Waals surface area contributed by atoms with Gasteiger partial charge in [-0.05, 0) is 46.0 Å². The fourth-order valence-electron chi connectivity index (χ4n) is 2.39. The highest BCUT2D eigenvalue weighted by Gasteiger charge is 2.18. The van der Waals surface area contributed by atoms with Crippen molar-refractivity contribution in [3.8, 4) is 0 Å². The molecular weight excluding hydrogens is 212 g/mol. The lowest BCUT2D eigenvalue weighted by Crippen LogP contribution is -2.46. The van der Waals surface area contributed by atoms with E-state index in [9.17, 15) is 4.79 Å². The third kappa shape index (κ3) is 6.67. The van der Waals surface area contributed by atoms with Crippen LogP contribution < -0.4 is 10.6 Å². The predicted octanol–water partition coefficient (Wildman–Crippen LogP) is 2.46. The van der Waals surface area contributed by atoms with E-state index in [2.05, 4.69) is 17.6 Å². The van der Waals surface area contributed by atoms with E-state index in [1.54, 1.807) is 0 Å². The first kappa shape index (κ1) is 14.5. The van der Waals surface area contributed by atoms with E-state index in [4.69, 9.17) is 0 Å². The average Bonchev–Trinajstić information content (AvgIpc) is 2.37. The van der Waals surface area contributed by atoms with Crippen molar-refractivity contribution >= 4 is 5.91 Å². The Kier molecular flexibility index (Phi) is 5.44. The molecule has 0 heterocycles. The van der Waals surface area contributed by atoms with Crippen molar-refractivity contribution in [1.82, 2.24) is 10.6 Å². The zero-order valence-corrected chi connectivity index (χ0v) is 11.8. The van der Waals surface area contributed by atoms with Gasteiger partial charge in [-0.3, -0.25) is 4.79 Å². The van der Waals surface area contributed by atoms with Crippen LogP contribution in [0.1, 0.15) is 59.8 Å². The van der Waals surface area contributed by atoms with Crippen LogP contribution in [0.4, 0.5) is 0 Å². The average molecular weight is 240 g/mol. The number of hydrogen-bond acceptors (Lipinski definition) is 2. The molecule has 2 N–H and O–H groups in total. The van der Waals surface area contributed by atoms with Gasteiger partial charge < -0.3 is 10.6 Å². The second kappa shape index (κ2) is 6.39. The standard InChI is InChI=1S/C14H28N2O/c1-11-6-5-7-12(9-8-11)15-10-13(17)16-14(2,3)4/h11-12,15H,5-10H2,1-4H3,(H,16,17). The largest absolute Gasteiger partial charge is 0.350 e. The van der Waals surface area contributed by atoms with Crippen LogP contribution in [0, 0.1) is 5.92 Å². The van der Waals surface area contributed by atoms with Gasteiger partial charge >= 0.3 is 0 Å². The second-order valence-electron chi connectivity index (χ2n) is 6.49. The molecule has 0 radical (unpaired) electrons. The summed E-state index contributed by atoms with van der Waals surface area (Å²) in [5, 5.41) is 6.37. The Bertz CT molecular complexity index is 245. The van der Waals surface area contributed by atoms with Gasteiger partial charge in [0.1, 0.15) is 0 Å². The Morgan fingerprint density at radius 1 is 1.18 bits per heavy atom. The summed E-state index contributed by atoms with van der Waals surface area (Å²) in [6, 6.07) is 0.533. The van der Waals surface area contributed by atoms with Gasteiger partial charge in [0, 0.05) is 11.6 Å². The molecule has 1 rings (SSSR count). The summed E-state index contributed by atoms with van der Waals surface area (Å²) in [5.41, 5.74) is -0.128. The van der Waals surface area contributed by atoms with E-state index in [0.717, 1.165) is 5.92 Å². The molecule has 3 heteroatoms. The molecule has 0 spiro atoms. The van der Waals surface area contributed by atoms with E-state index >= 15 is 0 Å². The zero-order valence-electron chi connectivity index (χ0n) is 11.8. The van der Waals surface area contributed by atoms with Crippen LogP contribution in [0.15, 0.2) is 0 Å². The quantitative estimate of drug-likeness (QED) is 0.744. The van der Waals surface area contributed by atoms with Crippen molar-refractivity contribution in [1.29, 1.82) is 0 Å². The smallest absolute Gasteiger partial charge is 0.234 e. The monoisotopic (exact) mass is 240 g/mol. The van der Waals surface area contributed by atoms with Crippen LogP contribution in [0.3, 0.4) is 0 Å². The molecule has 1 amide bonds. The molecule has 0 aromatic carbocycles. The number of hydrogen-bond donors (Lipinski definition) is 2. The maximum Gasteiger partial charge on any atom is 0.234 e. The van der Waals surface area contributed by atoms with Gasteiger partial charge in [-0.25, -0.2) is 0 Å². The van der Waals surface area contributed by atoms with E-state index in [-0.39, 0.29) is 11.4 Å². The van der Waals surface area contributed by atoms with Gasteiger partial charge in [0.2, 0.25) is 5.91 Å². The highest BCUT2D eigenvalue weighted by molar-refractivity contribution is 5.78. The lowest BCUT2D eigenvalue weighted by Gasteiger charge is -2.22. The van der Waals surface area contributed by atoms with Gasteiger partial charge in [-0.2, -0.15) is 0 Å². The third-order valence-corrected chi connectivity index (χ3v) is 3.32. The Hall–Kier alpha value is -0.570. The fourth-order valence-corrected chi connectivity index (χ4v) is 2.39. The number of carbonyl (C=O) groups is 1. The van der Waals surface area contributed by atoms with Crippen molar-refractivity contribution in [3.63, 3.8) is 0 Å². The first-order valence-electron chi connectivity index (χ1n) is 6.91. The summed E-state index contributed by atoms with van der Waals surface area (Å²) >= 11 is 0. The molecule has 1 saturated carbocycles. The minimum Gasteiger partial charge on any atom is -0.350 e. The first-order chi connectivity index (χ1) is 7.87. The minimum atomic E-state index is -0.128. The molecule has 100 valence electrons. The molecule has 1 aliphatic carbocycles. The highest BCUT2D eigenvalue weighted by Crippen LogP contribution is 2.22. The van der Waals surface area contributed by atoms with Crippen molar-refractivity contribution in [2.75, 3.05) is 6.54 Å². The number of nitrogens with one attached hydrogen (secondary N) is 2. The van der Waals surface area contributed by atoms with Crippen molar-refractivity contribution in [2.24, 2.45) is 5.92 Å². The third-order valence-electron chi connectivity index (χ3n) is 3.32. The normalized spacial score (nSPS) is 26.4. The number of amides is 1. The van der Waals surface area contributed by atoms with Crippen LogP contribution in [0.5, 0.6) is 0 Å². The van der Waals surface area contributed by atoms with Crippen LogP contribution in [-0.4, -0.2) is 24.0 Å². The Balaban J connectivity index is 2.23.